The molecule has 2 aromatic heterocycles. The minimum atomic E-state index is -0.106. The van der Waals surface area contributed by atoms with E-state index in [0.717, 1.165) is 0 Å². The van der Waals surface area contributed by atoms with E-state index in [-0.39, 0.29) is 28.9 Å². The molecular weight excluding hydrogens is 208 g/mol. The van der Waals surface area contributed by atoms with Crippen LogP contribution in [0.25, 0.3) is 11.2 Å². The molecule has 0 unspecified atom stereocenters. The fourth-order valence-electron chi connectivity index (χ4n) is 1.26. The quantitative estimate of drug-likeness (QED) is 0.689. The lowest BCUT2D eigenvalue weighted by atomic mass is 10.2. The molecule has 82 valence electrons. The smallest absolute Gasteiger partial charge is 0.224 e. The summed E-state index contributed by atoms with van der Waals surface area (Å²) in [5, 5.41) is 0. The number of ketones is 1. The minimum absolute atomic E-state index is 0.0143. The van der Waals surface area contributed by atoms with Crippen LogP contribution in [-0.2, 0) is 0 Å². The second-order valence-electron chi connectivity index (χ2n) is 3.17. The fourth-order valence-corrected chi connectivity index (χ4v) is 1.26. The molecule has 0 fully saturated rings. The van der Waals surface area contributed by atoms with Crippen molar-refractivity contribution in [1.29, 1.82) is 0 Å². The molecule has 0 aliphatic heterocycles. The van der Waals surface area contributed by atoms with E-state index in [4.69, 9.17) is 11.5 Å². The summed E-state index contributed by atoms with van der Waals surface area (Å²) < 4.78 is 0. The summed E-state index contributed by atoms with van der Waals surface area (Å²) >= 11 is 0. The van der Waals surface area contributed by atoms with Gasteiger partial charge in [-0.2, -0.15) is 9.97 Å². The van der Waals surface area contributed by atoms with E-state index in [1.165, 1.54) is 6.20 Å². The second-order valence-corrected chi connectivity index (χ2v) is 3.17. The van der Waals surface area contributed by atoms with Gasteiger partial charge in [0.25, 0.3) is 0 Å². The van der Waals surface area contributed by atoms with E-state index in [9.17, 15) is 4.79 Å². The molecule has 7 nitrogen and oxygen atoms in total. The zero-order chi connectivity index (χ0) is 11.7. The molecule has 0 aliphatic rings. The lowest BCUT2D eigenvalue weighted by molar-refractivity contribution is 0.0983. The number of Topliss-reactive ketones (excluding diaryl/α,β-unsaturated/α-hetero) is 1. The molecule has 7 heteroatoms. The predicted molar refractivity (Wildman–Crippen MR) is 58.6 cm³/mol. The number of carbonyl (C=O) groups excluding carboxylic acids is 1. The van der Waals surface area contributed by atoms with Gasteiger partial charge in [-0.05, 0) is 0 Å². The van der Waals surface area contributed by atoms with Gasteiger partial charge in [0.1, 0.15) is 11.2 Å². The van der Waals surface area contributed by atoms with Crippen molar-refractivity contribution in [3.05, 3.63) is 11.9 Å². The van der Waals surface area contributed by atoms with Gasteiger partial charge in [0.15, 0.2) is 17.2 Å². The number of nitrogen functional groups attached to an aromatic ring is 2. The van der Waals surface area contributed by atoms with Crippen molar-refractivity contribution in [2.24, 2.45) is 0 Å². The number of hydrogen-bond acceptors (Lipinski definition) is 7. The second kappa shape index (κ2) is 3.69. The zero-order valence-electron chi connectivity index (χ0n) is 8.64. The van der Waals surface area contributed by atoms with Crippen molar-refractivity contribution in [2.45, 2.75) is 13.3 Å². The Morgan fingerprint density at radius 3 is 2.75 bits per heavy atom. The third kappa shape index (κ3) is 1.62. The van der Waals surface area contributed by atoms with Crippen molar-refractivity contribution in [1.82, 2.24) is 19.9 Å². The molecular formula is C9H10N6O. The Morgan fingerprint density at radius 2 is 2.06 bits per heavy atom. The summed E-state index contributed by atoms with van der Waals surface area (Å²) in [6, 6.07) is 0. The van der Waals surface area contributed by atoms with Gasteiger partial charge in [0, 0.05) is 6.42 Å². The Morgan fingerprint density at radius 1 is 1.31 bits per heavy atom. The number of nitrogens with zero attached hydrogens (tertiary/aromatic N) is 4. The number of fused-ring (bicyclic) bond motifs is 1. The lowest BCUT2D eigenvalue weighted by Gasteiger charge is -2.02. The Balaban J connectivity index is 2.66. The van der Waals surface area contributed by atoms with Crippen molar-refractivity contribution in [3.8, 4) is 0 Å². The van der Waals surface area contributed by atoms with E-state index >= 15 is 0 Å². The number of nitrogens with two attached hydrogens (primary N) is 2. The first-order chi connectivity index (χ1) is 7.61. The number of aromatic nitrogens is 4. The van der Waals surface area contributed by atoms with Crippen molar-refractivity contribution < 1.29 is 4.79 Å². The molecule has 0 atom stereocenters. The van der Waals surface area contributed by atoms with Crippen LogP contribution >= 0.6 is 0 Å². The molecule has 2 aromatic rings. The zero-order valence-corrected chi connectivity index (χ0v) is 8.64. The van der Waals surface area contributed by atoms with Crippen molar-refractivity contribution in [2.75, 3.05) is 11.5 Å². The molecule has 4 N–H and O–H groups in total. The predicted octanol–water partition coefficient (Wildman–Crippen LogP) is 0.177. The molecule has 0 saturated heterocycles. The normalized spacial score (nSPS) is 10.6. The number of rotatable bonds is 2. The van der Waals surface area contributed by atoms with Gasteiger partial charge in [-0.25, -0.2) is 9.97 Å². The molecule has 0 aliphatic carbocycles. The summed E-state index contributed by atoms with van der Waals surface area (Å²) in [5.41, 5.74) is 11.9. The maximum absolute atomic E-state index is 11.4. The average molecular weight is 218 g/mol. The van der Waals surface area contributed by atoms with E-state index in [0.29, 0.717) is 11.9 Å². The Bertz CT molecular complexity index is 567. The number of carbonyl (C=O) groups is 1. The SMILES string of the molecule is CCC(=O)c1cnc2c(N)nc(N)nc2n1. The van der Waals surface area contributed by atoms with Gasteiger partial charge < -0.3 is 11.5 Å². The molecule has 2 heterocycles. The highest BCUT2D eigenvalue weighted by Crippen LogP contribution is 2.14. The Labute approximate surface area is 90.9 Å². The summed E-state index contributed by atoms with van der Waals surface area (Å²) in [7, 11) is 0. The fraction of sp³-hybridized carbons (Fsp3) is 0.222. The first kappa shape index (κ1) is 10.2. The van der Waals surface area contributed by atoms with Crippen LogP contribution in [-0.4, -0.2) is 25.7 Å². The maximum atomic E-state index is 11.4. The molecule has 16 heavy (non-hydrogen) atoms. The summed E-state index contributed by atoms with van der Waals surface area (Å²) in [6.45, 7) is 1.75. The van der Waals surface area contributed by atoms with Crippen LogP contribution in [0.2, 0.25) is 0 Å². The highest BCUT2D eigenvalue weighted by molar-refractivity contribution is 5.95. The van der Waals surface area contributed by atoms with Crippen molar-refractivity contribution >= 4 is 28.7 Å². The van der Waals surface area contributed by atoms with Gasteiger partial charge in [0.2, 0.25) is 5.95 Å². The standard InChI is InChI=1S/C9H10N6O/c1-2-5(16)4-3-12-6-7(10)14-9(11)15-8(6)13-4/h3H,2H2,1H3,(H4,10,11,13,14,15). The lowest BCUT2D eigenvalue weighted by Crippen LogP contribution is -2.06. The minimum Gasteiger partial charge on any atom is -0.382 e. The highest BCUT2D eigenvalue weighted by Gasteiger charge is 2.10. The van der Waals surface area contributed by atoms with Crippen molar-refractivity contribution in [3.63, 3.8) is 0 Å². The van der Waals surface area contributed by atoms with Gasteiger partial charge in [-0.3, -0.25) is 4.79 Å². The molecule has 0 bridgehead atoms. The third-order valence-electron chi connectivity index (χ3n) is 2.06. The molecule has 0 aromatic carbocycles. The monoisotopic (exact) mass is 218 g/mol. The first-order valence-corrected chi connectivity index (χ1v) is 4.70. The molecule has 0 amide bonds. The van der Waals surface area contributed by atoms with Crippen LogP contribution in [0.3, 0.4) is 0 Å². The summed E-state index contributed by atoms with van der Waals surface area (Å²) in [4.78, 5) is 27.1. The Kier molecular flexibility index (Phi) is 2.35. The third-order valence-corrected chi connectivity index (χ3v) is 2.06. The molecule has 2 rings (SSSR count). The van der Waals surface area contributed by atoms with Crippen LogP contribution in [0.4, 0.5) is 11.8 Å². The van der Waals surface area contributed by atoms with E-state index in [1.807, 2.05) is 0 Å². The molecule has 0 radical (unpaired) electrons. The number of anilines is 2. The van der Waals surface area contributed by atoms with E-state index < -0.39 is 0 Å². The van der Waals surface area contributed by atoms with Crippen LogP contribution in [0.5, 0.6) is 0 Å². The maximum Gasteiger partial charge on any atom is 0.224 e. The van der Waals surface area contributed by atoms with E-state index in [2.05, 4.69) is 19.9 Å². The largest absolute Gasteiger partial charge is 0.382 e. The van der Waals surface area contributed by atoms with Crippen LogP contribution in [0.15, 0.2) is 6.20 Å². The number of hydrogen-bond donors (Lipinski definition) is 2. The van der Waals surface area contributed by atoms with Crippen LogP contribution in [0, 0.1) is 0 Å². The summed E-state index contributed by atoms with van der Waals surface area (Å²) in [5.74, 6) is 0.0658. The van der Waals surface area contributed by atoms with Crippen LogP contribution in [0.1, 0.15) is 23.8 Å². The van der Waals surface area contributed by atoms with Gasteiger partial charge >= 0.3 is 0 Å². The molecule has 0 saturated carbocycles. The van der Waals surface area contributed by atoms with Gasteiger partial charge in [-0.1, -0.05) is 6.92 Å². The first-order valence-electron chi connectivity index (χ1n) is 4.70. The summed E-state index contributed by atoms with van der Waals surface area (Å²) in [6.07, 6.45) is 1.72. The van der Waals surface area contributed by atoms with Gasteiger partial charge in [-0.15, -0.1) is 0 Å². The molecule has 0 spiro atoms. The Hall–Kier alpha value is -2.31. The average Bonchev–Trinajstić information content (AvgIpc) is 2.27. The van der Waals surface area contributed by atoms with Gasteiger partial charge in [0.05, 0.1) is 6.20 Å². The topological polar surface area (TPSA) is 121 Å². The van der Waals surface area contributed by atoms with Crippen LogP contribution < -0.4 is 11.5 Å². The van der Waals surface area contributed by atoms with E-state index in [1.54, 1.807) is 6.92 Å². The highest BCUT2D eigenvalue weighted by atomic mass is 16.1.